The first-order chi connectivity index (χ1) is 10.5. The predicted molar refractivity (Wildman–Crippen MR) is 75.5 cm³/mol. The zero-order valence-electron chi connectivity index (χ0n) is 12.0. The Morgan fingerprint density at radius 1 is 1.18 bits per heavy atom. The second kappa shape index (κ2) is 6.02. The quantitative estimate of drug-likeness (QED) is 0.825. The lowest BCUT2D eigenvalue weighted by Gasteiger charge is -2.12. The fraction of sp³-hybridized carbons (Fsp3) is 0.438. The van der Waals surface area contributed by atoms with Gasteiger partial charge in [0.25, 0.3) is 0 Å². The highest BCUT2D eigenvalue weighted by Crippen LogP contribution is 2.33. The van der Waals surface area contributed by atoms with Gasteiger partial charge in [-0.3, -0.25) is 4.68 Å². The topological polar surface area (TPSA) is 27.1 Å². The van der Waals surface area contributed by atoms with E-state index in [1.807, 2.05) is 4.68 Å². The maximum Gasteiger partial charge on any atom is 0.416 e. The van der Waals surface area contributed by atoms with Gasteiger partial charge in [0.15, 0.2) is 5.75 Å². The number of benzene rings is 1. The second-order valence-electron chi connectivity index (χ2n) is 5.54. The summed E-state index contributed by atoms with van der Waals surface area (Å²) in [5, 5.41) is 4.25. The van der Waals surface area contributed by atoms with Crippen LogP contribution in [0.2, 0.25) is 0 Å². The Morgan fingerprint density at radius 3 is 2.64 bits per heavy atom. The lowest BCUT2D eigenvalue weighted by atomic mass is 10.1. The average molecular weight is 310 g/mol. The first-order valence-corrected chi connectivity index (χ1v) is 7.36. The summed E-state index contributed by atoms with van der Waals surface area (Å²) in [6.07, 6.45) is 3.55. The van der Waals surface area contributed by atoms with E-state index in [9.17, 15) is 13.2 Å². The van der Waals surface area contributed by atoms with Gasteiger partial charge in [-0.15, -0.1) is 0 Å². The van der Waals surface area contributed by atoms with E-state index in [1.54, 1.807) is 18.5 Å². The fourth-order valence-electron chi connectivity index (χ4n) is 2.85. The number of alkyl halides is 3. The molecule has 1 aromatic heterocycles. The van der Waals surface area contributed by atoms with Crippen LogP contribution in [0.3, 0.4) is 0 Å². The average Bonchev–Trinajstić information content (AvgIpc) is 3.15. The molecule has 118 valence electrons. The maximum atomic E-state index is 12.9. The van der Waals surface area contributed by atoms with Crippen molar-refractivity contribution in [2.75, 3.05) is 0 Å². The molecule has 0 spiro atoms. The van der Waals surface area contributed by atoms with Gasteiger partial charge < -0.3 is 4.74 Å². The van der Waals surface area contributed by atoms with Crippen molar-refractivity contribution in [2.45, 2.75) is 44.5 Å². The van der Waals surface area contributed by atoms with Gasteiger partial charge in [-0.05, 0) is 18.9 Å². The molecule has 1 aliphatic rings. The molecule has 0 atom stereocenters. The smallest absolute Gasteiger partial charge is 0.416 e. The third kappa shape index (κ3) is 3.26. The normalized spacial score (nSPS) is 16.1. The lowest BCUT2D eigenvalue weighted by molar-refractivity contribution is -0.138. The minimum atomic E-state index is -4.37. The number of hydrogen-bond donors (Lipinski definition) is 0. The van der Waals surface area contributed by atoms with Gasteiger partial charge in [-0.25, -0.2) is 0 Å². The molecule has 0 amide bonds. The van der Waals surface area contributed by atoms with Crippen LogP contribution in [0.4, 0.5) is 13.2 Å². The van der Waals surface area contributed by atoms with Crippen molar-refractivity contribution >= 4 is 0 Å². The van der Waals surface area contributed by atoms with E-state index >= 15 is 0 Å². The summed E-state index contributed by atoms with van der Waals surface area (Å²) in [6.45, 7) is -0.119. The summed E-state index contributed by atoms with van der Waals surface area (Å²) < 4.78 is 46.1. The molecule has 6 heteroatoms. The van der Waals surface area contributed by atoms with Gasteiger partial charge in [0.2, 0.25) is 0 Å². The number of hydrogen-bond acceptors (Lipinski definition) is 2. The van der Waals surface area contributed by atoms with Crippen molar-refractivity contribution in [3.05, 3.63) is 47.8 Å². The monoisotopic (exact) mass is 310 g/mol. The summed E-state index contributed by atoms with van der Waals surface area (Å²) in [6, 6.07) is 5.85. The van der Waals surface area contributed by atoms with Crippen molar-refractivity contribution in [3.63, 3.8) is 0 Å². The summed E-state index contributed by atoms with van der Waals surface area (Å²) in [5.41, 5.74) is -0.526. The van der Waals surface area contributed by atoms with Crippen LogP contribution >= 0.6 is 0 Å². The van der Waals surface area contributed by atoms with Gasteiger partial charge in [-0.1, -0.05) is 31.0 Å². The molecule has 1 saturated carbocycles. The third-order valence-electron chi connectivity index (χ3n) is 3.99. The van der Waals surface area contributed by atoms with E-state index in [4.69, 9.17) is 4.74 Å². The van der Waals surface area contributed by atoms with Crippen LogP contribution in [0, 0.1) is 0 Å². The minimum Gasteiger partial charge on any atom is -0.486 e. The molecule has 22 heavy (non-hydrogen) atoms. The van der Waals surface area contributed by atoms with E-state index in [1.165, 1.54) is 25.0 Å². The van der Waals surface area contributed by atoms with Crippen LogP contribution in [-0.4, -0.2) is 9.78 Å². The summed E-state index contributed by atoms with van der Waals surface area (Å²) >= 11 is 0. The standard InChI is InChI=1S/C16H17F3N2O/c17-16(18,19)15-8-4-1-5-12(15)11-22-14-9-20-21(10-14)13-6-2-3-7-13/h1,4-5,8-10,13H,2-3,6-7,11H2. The molecule has 3 nitrogen and oxygen atoms in total. The van der Waals surface area contributed by atoms with Crippen molar-refractivity contribution in [1.82, 2.24) is 9.78 Å². The zero-order valence-corrected chi connectivity index (χ0v) is 12.0. The molecule has 1 aliphatic carbocycles. The first kappa shape index (κ1) is 14.9. The Morgan fingerprint density at radius 2 is 1.91 bits per heavy atom. The molecular formula is C16H17F3N2O. The highest BCUT2D eigenvalue weighted by Gasteiger charge is 2.33. The van der Waals surface area contributed by atoms with Crippen LogP contribution in [-0.2, 0) is 12.8 Å². The SMILES string of the molecule is FC(F)(F)c1ccccc1COc1cnn(C2CCCC2)c1. The molecule has 1 fully saturated rings. The predicted octanol–water partition coefficient (Wildman–Crippen LogP) is 4.60. The highest BCUT2D eigenvalue weighted by molar-refractivity contribution is 5.29. The number of nitrogens with zero attached hydrogens (tertiary/aromatic N) is 2. The first-order valence-electron chi connectivity index (χ1n) is 7.36. The van der Waals surface area contributed by atoms with Crippen LogP contribution in [0.1, 0.15) is 42.9 Å². The highest BCUT2D eigenvalue weighted by atomic mass is 19.4. The molecule has 3 rings (SSSR count). The number of aromatic nitrogens is 2. The van der Waals surface area contributed by atoms with Crippen LogP contribution in [0.15, 0.2) is 36.7 Å². The Hall–Kier alpha value is -1.98. The van der Waals surface area contributed by atoms with Crippen LogP contribution < -0.4 is 4.74 Å². The molecule has 2 aromatic rings. The Balaban J connectivity index is 1.68. The molecule has 1 aromatic carbocycles. The van der Waals surface area contributed by atoms with E-state index in [0.717, 1.165) is 18.9 Å². The van der Waals surface area contributed by atoms with E-state index in [-0.39, 0.29) is 12.2 Å². The van der Waals surface area contributed by atoms with Crippen molar-refractivity contribution in [3.8, 4) is 5.75 Å². The molecule has 0 aliphatic heterocycles. The van der Waals surface area contributed by atoms with Crippen molar-refractivity contribution in [2.24, 2.45) is 0 Å². The van der Waals surface area contributed by atoms with Crippen LogP contribution in [0.5, 0.6) is 5.75 Å². The van der Waals surface area contributed by atoms with E-state index in [0.29, 0.717) is 11.8 Å². The third-order valence-corrected chi connectivity index (χ3v) is 3.99. The largest absolute Gasteiger partial charge is 0.486 e. The Kier molecular flexibility index (Phi) is 4.09. The number of rotatable bonds is 4. The maximum absolute atomic E-state index is 12.9. The number of ether oxygens (including phenoxy) is 1. The second-order valence-corrected chi connectivity index (χ2v) is 5.54. The molecule has 0 N–H and O–H groups in total. The Bertz CT molecular complexity index is 630. The minimum absolute atomic E-state index is 0.119. The Labute approximate surface area is 126 Å². The lowest BCUT2D eigenvalue weighted by Crippen LogP contribution is -2.10. The molecule has 0 saturated heterocycles. The summed E-state index contributed by atoms with van der Waals surface area (Å²) in [5.74, 6) is 0.504. The summed E-state index contributed by atoms with van der Waals surface area (Å²) in [7, 11) is 0. The molecule has 1 heterocycles. The van der Waals surface area contributed by atoms with Gasteiger partial charge >= 0.3 is 6.18 Å². The van der Waals surface area contributed by atoms with Gasteiger partial charge in [0, 0.05) is 5.56 Å². The van der Waals surface area contributed by atoms with Gasteiger partial charge in [0.05, 0.1) is 24.0 Å². The van der Waals surface area contributed by atoms with Gasteiger partial charge in [0.1, 0.15) is 6.61 Å². The molecule has 0 bridgehead atoms. The summed E-state index contributed by atoms with van der Waals surface area (Å²) in [4.78, 5) is 0. The fourth-order valence-corrected chi connectivity index (χ4v) is 2.85. The van der Waals surface area contributed by atoms with E-state index in [2.05, 4.69) is 5.10 Å². The van der Waals surface area contributed by atoms with Gasteiger partial charge in [-0.2, -0.15) is 18.3 Å². The molecule has 0 unspecified atom stereocenters. The van der Waals surface area contributed by atoms with Crippen molar-refractivity contribution < 1.29 is 17.9 Å². The van der Waals surface area contributed by atoms with E-state index < -0.39 is 11.7 Å². The zero-order chi connectivity index (χ0) is 15.6. The molecular weight excluding hydrogens is 293 g/mol. The molecule has 0 radical (unpaired) electrons. The number of halogens is 3. The van der Waals surface area contributed by atoms with Crippen LogP contribution in [0.25, 0.3) is 0 Å². The van der Waals surface area contributed by atoms with Crippen molar-refractivity contribution in [1.29, 1.82) is 0 Å².